The van der Waals surface area contributed by atoms with Crippen LogP contribution < -0.4 is 0 Å². The number of pyridine rings is 1. The standard InChI is InChI=1S/C20H26N4O3/c1-15-17(4-6-22-15)20(25)24-9-12-27-18(14-23-7-10-26-11-8-23)19(24)16-3-2-5-21-13-16/h2-6,13,18-19,22H,7-12,14H2,1H3/t18-,19-/m0/s1. The van der Waals surface area contributed by atoms with E-state index in [-0.39, 0.29) is 18.1 Å². The van der Waals surface area contributed by atoms with E-state index in [0.29, 0.717) is 13.2 Å². The van der Waals surface area contributed by atoms with Crippen LogP contribution in [0.2, 0.25) is 0 Å². The molecule has 0 aliphatic carbocycles. The topological polar surface area (TPSA) is 70.7 Å². The van der Waals surface area contributed by atoms with E-state index in [9.17, 15) is 4.79 Å². The van der Waals surface area contributed by atoms with Gasteiger partial charge >= 0.3 is 0 Å². The molecule has 0 unspecified atom stereocenters. The Bertz CT molecular complexity index is 758. The van der Waals surface area contributed by atoms with Crippen molar-refractivity contribution in [3.8, 4) is 0 Å². The number of amides is 1. The highest BCUT2D eigenvalue weighted by atomic mass is 16.5. The van der Waals surface area contributed by atoms with Gasteiger partial charge in [-0.3, -0.25) is 14.7 Å². The molecule has 0 saturated carbocycles. The van der Waals surface area contributed by atoms with E-state index >= 15 is 0 Å². The first-order chi connectivity index (χ1) is 13.2. The largest absolute Gasteiger partial charge is 0.379 e. The predicted molar refractivity (Wildman–Crippen MR) is 101 cm³/mol. The van der Waals surface area contributed by atoms with Crippen LogP contribution in [0.1, 0.15) is 27.7 Å². The molecular weight excluding hydrogens is 344 g/mol. The normalized spacial score (nSPS) is 24.1. The second kappa shape index (κ2) is 8.21. The SMILES string of the molecule is Cc1[nH]ccc1C(=O)N1CCO[C@@H](CN2CCOCC2)[C@@H]1c1cccnc1. The molecule has 2 aromatic heterocycles. The third-order valence-corrected chi connectivity index (χ3v) is 5.36. The molecule has 2 saturated heterocycles. The van der Waals surface area contributed by atoms with Crippen LogP contribution in [-0.4, -0.2) is 77.8 Å². The van der Waals surface area contributed by atoms with Gasteiger partial charge in [0.2, 0.25) is 0 Å². The number of hydrogen-bond acceptors (Lipinski definition) is 5. The summed E-state index contributed by atoms with van der Waals surface area (Å²) in [7, 11) is 0. The fourth-order valence-corrected chi connectivity index (χ4v) is 3.94. The summed E-state index contributed by atoms with van der Waals surface area (Å²) in [6, 6.07) is 5.64. The molecule has 144 valence electrons. The molecule has 4 heterocycles. The lowest BCUT2D eigenvalue weighted by Crippen LogP contribution is -2.53. The number of morpholine rings is 2. The summed E-state index contributed by atoms with van der Waals surface area (Å²) in [5.74, 6) is 0.0397. The maximum Gasteiger partial charge on any atom is 0.256 e. The van der Waals surface area contributed by atoms with Crippen molar-refractivity contribution in [2.45, 2.75) is 19.1 Å². The molecule has 2 aliphatic rings. The third-order valence-electron chi connectivity index (χ3n) is 5.36. The average molecular weight is 370 g/mol. The van der Waals surface area contributed by atoms with Crippen molar-refractivity contribution >= 4 is 5.91 Å². The van der Waals surface area contributed by atoms with E-state index in [1.807, 2.05) is 42.4 Å². The van der Waals surface area contributed by atoms with E-state index in [2.05, 4.69) is 14.9 Å². The highest BCUT2D eigenvalue weighted by molar-refractivity contribution is 5.95. The molecule has 2 atom stereocenters. The lowest BCUT2D eigenvalue weighted by atomic mass is 9.97. The number of carbonyl (C=O) groups is 1. The predicted octanol–water partition coefficient (Wildman–Crippen LogP) is 1.63. The van der Waals surface area contributed by atoms with Crippen molar-refractivity contribution in [2.24, 2.45) is 0 Å². The van der Waals surface area contributed by atoms with Gasteiger partial charge in [-0.25, -0.2) is 0 Å². The monoisotopic (exact) mass is 370 g/mol. The molecule has 1 amide bonds. The van der Waals surface area contributed by atoms with Gasteiger partial charge in [0.05, 0.1) is 37.5 Å². The lowest BCUT2D eigenvalue weighted by molar-refractivity contribution is -0.0819. The molecule has 0 bridgehead atoms. The quantitative estimate of drug-likeness (QED) is 0.886. The van der Waals surface area contributed by atoms with Crippen LogP contribution in [0.4, 0.5) is 0 Å². The summed E-state index contributed by atoms with van der Waals surface area (Å²) in [6.45, 7) is 7.10. The number of aryl methyl sites for hydroxylation is 1. The molecule has 2 aromatic rings. The van der Waals surface area contributed by atoms with Gasteiger partial charge < -0.3 is 19.4 Å². The van der Waals surface area contributed by atoms with Gasteiger partial charge in [0, 0.05) is 50.5 Å². The zero-order valence-electron chi connectivity index (χ0n) is 15.6. The highest BCUT2D eigenvalue weighted by Gasteiger charge is 2.38. The van der Waals surface area contributed by atoms with Gasteiger partial charge in [0.15, 0.2) is 0 Å². The summed E-state index contributed by atoms with van der Waals surface area (Å²) < 4.78 is 11.6. The number of H-pyrrole nitrogens is 1. The molecule has 0 spiro atoms. The third kappa shape index (κ3) is 3.90. The molecule has 1 N–H and O–H groups in total. The lowest BCUT2D eigenvalue weighted by Gasteiger charge is -2.43. The van der Waals surface area contributed by atoms with Crippen molar-refractivity contribution in [1.82, 2.24) is 19.8 Å². The van der Waals surface area contributed by atoms with Crippen molar-refractivity contribution in [2.75, 3.05) is 46.0 Å². The van der Waals surface area contributed by atoms with E-state index in [1.54, 1.807) is 6.20 Å². The smallest absolute Gasteiger partial charge is 0.256 e. The second-order valence-corrected chi connectivity index (χ2v) is 7.07. The van der Waals surface area contributed by atoms with Gasteiger partial charge in [-0.15, -0.1) is 0 Å². The van der Waals surface area contributed by atoms with Crippen molar-refractivity contribution in [3.63, 3.8) is 0 Å². The number of hydrogen-bond donors (Lipinski definition) is 1. The zero-order valence-corrected chi connectivity index (χ0v) is 15.6. The number of aromatic amines is 1. The van der Waals surface area contributed by atoms with Crippen molar-refractivity contribution in [3.05, 3.63) is 53.6 Å². The van der Waals surface area contributed by atoms with Crippen LogP contribution in [0, 0.1) is 6.92 Å². The van der Waals surface area contributed by atoms with Gasteiger partial charge in [0.1, 0.15) is 0 Å². The molecule has 7 heteroatoms. The Morgan fingerprint density at radius 1 is 1.26 bits per heavy atom. The summed E-state index contributed by atoms with van der Waals surface area (Å²) in [6.07, 6.45) is 5.32. The fourth-order valence-electron chi connectivity index (χ4n) is 3.94. The Hall–Kier alpha value is -2.22. The minimum Gasteiger partial charge on any atom is -0.379 e. The molecule has 7 nitrogen and oxygen atoms in total. The first kappa shape index (κ1) is 18.2. The molecular formula is C20H26N4O3. The molecule has 2 fully saturated rings. The van der Waals surface area contributed by atoms with E-state index in [0.717, 1.165) is 49.7 Å². The van der Waals surface area contributed by atoms with Gasteiger partial charge in [0.25, 0.3) is 5.91 Å². The Kier molecular flexibility index (Phi) is 5.52. The number of rotatable bonds is 4. The Balaban J connectivity index is 1.62. The molecule has 0 aromatic carbocycles. The maximum atomic E-state index is 13.3. The summed E-state index contributed by atoms with van der Waals surface area (Å²) in [4.78, 5) is 25.0. The Labute approximate surface area is 159 Å². The Morgan fingerprint density at radius 2 is 2.11 bits per heavy atom. The van der Waals surface area contributed by atoms with Crippen LogP contribution in [0.3, 0.4) is 0 Å². The number of carbonyl (C=O) groups excluding carboxylic acids is 1. The van der Waals surface area contributed by atoms with Gasteiger partial charge in [-0.1, -0.05) is 6.07 Å². The van der Waals surface area contributed by atoms with E-state index in [4.69, 9.17) is 9.47 Å². The van der Waals surface area contributed by atoms with Crippen LogP contribution in [0.15, 0.2) is 36.8 Å². The first-order valence-electron chi connectivity index (χ1n) is 9.50. The van der Waals surface area contributed by atoms with Crippen LogP contribution in [0.5, 0.6) is 0 Å². The highest BCUT2D eigenvalue weighted by Crippen LogP contribution is 2.31. The summed E-state index contributed by atoms with van der Waals surface area (Å²) >= 11 is 0. The van der Waals surface area contributed by atoms with E-state index < -0.39 is 0 Å². The summed E-state index contributed by atoms with van der Waals surface area (Å²) in [5.41, 5.74) is 2.62. The van der Waals surface area contributed by atoms with Crippen LogP contribution >= 0.6 is 0 Å². The number of nitrogens with zero attached hydrogens (tertiary/aromatic N) is 3. The first-order valence-corrected chi connectivity index (χ1v) is 9.50. The molecule has 4 rings (SSSR count). The number of ether oxygens (including phenoxy) is 2. The van der Waals surface area contributed by atoms with Crippen LogP contribution in [-0.2, 0) is 9.47 Å². The van der Waals surface area contributed by atoms with Gasteiger partial charge in [-0.05, 0) is 24.6 Å². The van der Waals surface area contributed by atoms with Gasteiger partial charge in [-0.2, -0.15) is 0 Å². The fraction of sp³-hybridized carbons (Fsp3) is 0.500. The number of aromatic nitrogens is 2. The van der Waals surface area contributed by atoms with Crippen molar-refractivity contribution in [1.29, 1.82) is 0 Å². The van der Waals surface area contributed by atoms with E-state index in [1.165, 1.54) is 0 Å². The maximum absolute atomic E-state index is 13.3. The minimum absolute atomic E-state index is 0.0397. The number of nitrogens with one attached hydrogen (secondary N) is 1. The van der Waals surface area contributed by atoms with Crippen molar-refractivity contribution < 1.29 is 14.3 Å². The molecule has 2 aliphatic heterocycles. The average Bonchev–Trinajstić information content (AvgIpc) is 3.14. The molecule has 27 heavy (non-hydrogen) atoms. The summed E-state index contributed by atoms with van der Waals surface area (Å²) in [5, 5.41) is 0. The Morgan fingerprint density at radius 3 is 2.81 bits per heavy atom. The molecule has 0 radical (unpaired) electrons. The second-order valence-electron chi connectivity index (χ2n) is 7.07. The zero-order chi connectivity index (χ0) is 18.6. The minimum atomic E-state index is -0.155. The van der Waals surface area contributed by atoms with Crippen LogP contribution in [0.25, 0.3) is 0 Å².